The summed E-state index contributed by atoms with van der Waals surface area (Å²) in [6.45, 7) is 1.72. The summed E-state index contributed by atoms with van der Waals surface area (Å²) < 4.78 is 7.80. The Morgan fingerprint density at radius 1 is 1.37 bits per heavy atom. The molecule has 3 rings (SSSR count). The predicted molar refractivity (Wildman–Crippen MR) is 73.7 cm³/mol. The molecule has 100 valence electrons. The number of hydrogen-bond acceptors (Lipinski definition) is 3. The number of rotatable bonds is 4. The number of hydrogen-bond donors (Lipinski definition) is 1. The maximum absolute atomic E-state index is 6.33. The predicted octanol–water partition coefficient (Wildman–Crippen LogP) is 2.11. The van der Waals surface area contributed by atoms with Crippen molar-refractivity contribution in [1.82, 2.24) is 9.55 Å². The zero-order valence-electron chi connectivity index (χ0n) is 10.9. The summed E-state index contributed by atoms with van der Waals surface area (Å²) in [5, 5.41) is 0. The van der Waals surface area contributed by atoms with Gasteiger partial charge in [-0.25, -0.2) is 4.98 Å². The van der Waals surface area contributed by atoms with Crippen LogP contribution in [-0.2, 0) is 11.3 Å². The van der Waals surface area contributed by atoms with Crippen molar-refractivity contribution in [3.8, 4) is 0 Å². The zero-order chi connectivity index (χ0) is 13.1. The van der Waals surface area contributed by atoms with Crippen LogP contribution in [0.3, 0.4) is 0 Å². The van der Waals surface area contributed by atoms with Crippen LogP contribution in [0.15, 0.2) is 42.9 Å². The Hall–Kier alpha value is -1.65. The van der Waals surface area contributed by atoms with Gasteiger partial charge in [-0.05, 0) is 18.4 Å². The fourth-order valence-electron chi connectivity index (χ4n) is 2.58. The molecule has 0 radical (unpaired) electrons. The van der Waals surface area contributed by atoms with E-state index in [0.717, 1.165) is 37.3 Å². The number of nitrogens with two attached hydrogens (primary N) is 1. The topological polar surface area (TPSA) is 53.1 Å². The molecule has 1 aliphatic heterocycles. The molecule has 1 aromatic heterocycles. The van der Waals surface area contributed by atoms with Crippen LogP contribution in [0.1, 0.15) is 30.1 Å². The SMILES string of the molecule is NC(c1ccccc1)c1cncn1CC1CCCO1. The van der Waals surface area contributed by atoms with E-state index in [0.29, 0.717) is 6.10 Å². The van der Waals surface area contributed by atoms with E-state index in [4.69, 9.17) is 10.5 Å². The van der Waals surface area contributed by atoms with Crippen molar-refractivity contribution in [2.45, 2.75) is 31.5 Å². The summed E-state index contributed by atoms with van der Waals surface area (Å²) in [6.07, 6.45) is 6.28. The van der Waals surface area contributed by atoms with E-state index in [1.807, 2.05) is 42.9 Å². The number of benzene rings is 1. The summed E-state index contributed by atoms with van der Waals surface area (Å²) in [7, 11) is 0. The minimum atomic E-state index is -0.134. The zero-order valence-corrected chi connectivity index (χ0v) is 10.9. The van der Waals surface area contributed by atoms with Gasteiger partial charge in [0.25, 0.3) is 0 Å². The van der Waals surface area contributed by atoms with E-state index in [-0.39, 0.29) is 6.04 Å². The van der Waals surface area contributed by atoms with Crippen molar-refractivity contribution < 1.29 is 4.74 Å². The first kappa shape index (κ1) is 12.4. The fourth-order valence-corrected chi connectivity index (χ4v) is 2.58. The number of aromatic nitrogens is 2. The lowest BCUT2D eigenvalue weighted by molar-refractivity contribution is 0.0962. The second-order valence-corrected chi connectivity index (χ2v) is 4.99. The van der Waals surface area contributed by atoms with Gasteiger partial charge in [0.1, 0.15) is 0 Å². The molecule has 4 nitrogen and oxygen atoms in total. The lowest BCUT2D eigenvalue weighted by Gasteiger charge is -2.17. The first-order valence-electron chi connectivity index (χ1n) is 6.77. The van der Waals surface area contributed by atoms with Crippen LogP contribution in [-0.4, -0.2) is 22.3 Å². The highest BCUT2D eigenvalue weighted by Gasteiger charge is 2.19. The van der Waals surface area contributed by atoms with Crippen molar-refractivity contribution in [1.29, 1.82) is 0 Å². The molecule has 1 fully saturated rings. The van der Waals surface area contributed by atoms with Crippen LogP contribution in [0.25, 0.3) is 0 Å². The second kappa shape index (κ2) is 5.55. The fraction of sp³-hybridized carbons (Fsp3) is 0.400. The molecule has 2 N–H and O–H groups in total. The summed E-state index contributed by atoms with van der Waals surface area (Å²) in [5.41, 5.74) is 8.49. The van der Waals surface area contributed by atoms with Gasteiger partial charge >= 0.3 is 0 Å². The molecule has 0 amide bonds. The van der Waals surface area contributed by atoms with E-state index in [2.05, 4.69) is 9.55 Å². The normalized spacial score (nSPS) is 20.6. The van der Waals surface area contributed by atoms with Gasteiger partial charge in [0.2, 0.25) is 0 Å². The molecular formula is C15H19N3O. The smallest absolute Gasteiger partial charge is 0.0949 e. The van der Waals surface area contributed by atoms with Gasteiger partial charge in [0, 0.05) is 6.61 Å². The Balaban J connectivity index is 1.79. The highest BCUT2D eigenvalue weighted by Crippen LogP contribution is 2.21. The maximum atomic E-state index is 6.33. The minimum absolute atomic E-state index is 0.134. The maximum Gasteiger partial charge on any atom is 0.0949 e. The van der Waals surface area contributed by atoms with E-state index in [1.165, 1.54) is 0 Å². The Morgan fingerprint density at radius 2 is 2.21 bits per heavy atom. The largest absolute Gasteiger partial charge is 0.376 e. The van der Waals surface area contributed by atoms with Crippen LogP contribution in [0.2, 0.25) is 0 Å². The molecule has 1 saturated heterocycles. The minimum Gasteiger partial charge on any atom is -0.376 e. The lowest BCUT2D eigenvalue weighted by atomic mass is 10.1. The van der Waals surface area contributed by atoms with E-state index in [9.17, 15) is 0 Å². The van der Waals surface area contributed by atoms with Crippen molar-refractivity contribution in [2.24, 2.45) is 5.73 Å². The molecule has 0 aliphatic carbocycles. The molecular weight excluding hydrogens is 238 g/mol. The molecule has 19 heavy (non-hydrogen) atoms. The van der Waals surface area contributed by atoms with Crippen molar-refractivity contribution in [3.63, 3.8) is 0 Å². The lowest BCUT2D eigenvalue weighted by Crippen LogP contribution is -2.21. The monoisotopic (exact) mass is 257 g/mol. The van der Waals surface area contributed by atoms with Crippen molar-refractivity contribution in [2.75, 3.05) is 6.61 Å². The highest BCUT2D eigenvalue weighted by molar-refractivity contribution is 5.26. The third-order valence-corrected chi connectivity index (χ3v) is 3.65. The average Bonchev–Trinajstić information content (AvgIpc) is 3.11. The first-order valence-corrected chi connectivity index (χ1v) is 6.77. The summed E-state index contributed by atoms with van der Waals surface area (Å²) in [5.74, 6) is 0. The molecule has 2 aromatic rings. The Kier molecular flexibility index (Phi) is 3.62. The Bertz CT molecular complexity index is 517. The van der Waals surface area contributed by atoms with Gasteiger partial charge in [-0.15, -0.1) is 0 Å². The molecule has 1 aliphatic rings. The Labute approximate surface area is 113 Å². The van der Waals surface area contributed by atoms with Crippen LogP contribution >= 0.6 is 0 Å². The molecule has 1 aromatic carbocycles. The number of imidazole rings is 1. The molecule has 0 bridgehead atoms. The molecule has 2 heterocycles. The van der Waals surface area contributed by atoms with Crippen LogP contribution in [0.5, 0.6) is 0 Å². The summed E-state index contributed by atoms with van der Waals surface area (Å²) >= 11 is 0. The standard InChI is InChI=1S/C15H19N3O/c16-15(12-5-2-1-3-6-12)14-9-17-11-18(14)10-13-7-4-8-19-13/h1-3,5-6,9,11,13,15H,4,7-8,10,16H2. The molecule has 0 saturated carbocycles. The Morgan fingerprint density at radius 3 is 2.95 bits per heavy atom. The number of ether oxygens (including phenoxy) is 1. The third-order valence-electron chi connectivity index (χ3n) is 3.65. The second-order valence-electron chi connectivity index (χ2n) is 4.99. The molecule has 2 unspecified atom stereocenters. The molecule has 0 spiro atoms. The van der Waals surface area contributed by atoms with E-state index >= 15 is 0 Å². The highest BCUT2D eigenvalue weighted by atomic mass is 16.5. The van der Waals surface area contributed by atoms with Crippen molar-refractivity contribution in [3.05, 3.63) is 54.1 Å². The van der Waals surface area contributed by atoms with Gasteiger partial charge in [-0.2, -0.15) is 0 Å². The van der Waals surface area contributed by atoms with E-state index < -0.39 is 0 Å². The van der Waals surface area contributed by atoms with Gasteiger partial charge < -0.3 is 15.0 Å². The van der Waals surface area contributed by atoms with Gasteiger partial charge in [-0.3, -0.25) is 0 Å². The van der Waals surface area contributed by atoms with Gasteiger partial charge in [0.05, 0.1) is 36.9 Å². The van der Waals surface area contributed by atoms with Crippen LogP contribution < -0.4 is 5.73 Å². The summed E-state index contributed by atoms with van der Waals surface area (Å²) in [6, 6.07) is 9.98. The van der Waals surface area contributed by atoms with Gasteiger partial charge in [0.15, 0.2) is 0 Å². The molecule has 4 heteroatoms. The number of nitrogens with zero attached hydrogens (tertiary/aromatic N) is 2. The first-order chi connectivity index (χ1) is 9.34. The van der Waals surface area contributed by atoms with Crippen LogP contribution in [0.4, 0.5) is 0 Å². The summed E-state index contributed by atoms with van der Waals surface area (Å²) in [4.78, 5) is 4.24. The third kappa shape index (κ3) is 2.69. The molecule has 2 atom stereocenters. The van der Waals surface area contributed by atoms with Crippen molar-refractivity contribution >= 4 is 0 Å². The van der Waals surface area contributed by atoms with Gasteiger partial charge in [-0.1, -0.05) is 30.3 Å². The quantitative estimate of drug-likeness (QED) is 0.912. The average molecular weight is 257 g/mol. The van der Waals surface area contributed by atoms with Crippen LogP contribution in [0, 0.1) is 0 Å². The van der Waals surface area contributed by atoms with E-state index in [1.54, 1.807) is 0 Å².